The summed E-state index contributed by atoms with van der Waals surface area (Å²) in [7, 11) is 1.47. The molecule has 1 amide bonds. The number of alkyl halides is 3. The van der Waals surface area contributed by atoms with Gasteiger partial charge < -0.3 is 19.7 Å². The molecule has 0 unspecified atom stereocenters. The summed E-state index contributed by atoms with van der Waals surface area (Å²) in [6, 6.07) is 6.35. The Hall–Kier alpha value is -2.59. The lowest BCUT2D eigenvalue weighted by atomic mass is 10.0. The first-order valence-corrected chi connectivity index (χ1v) is 9.57. The number of hydrogen-bond donors (Lipinski definition) is 1. The molecule has 162 valence electrons. The molecule has 0 bridgehead atoms. The molecular weight excluding hydrogens is 425 g/mol. The average Bonchev–Trinajstić information content (AvgIpc) is 2.69. The lowest BCUT2D eigenvalue weighted by Crippen LogP contribution is -2.36. The molecule has 2 aromatic rings. The van der Waals surface area contributed by atoms with Crippen LogP contribution in [0.25, 0.3) is 0 Å². The lowest BCUT2D eigenvalue weighted by Gasteiger charge is -2.26. The van der Waals surface area contributed by atoms with Gasteiger partial charge in [-0.2, -0.15) is 13.2 Å². The van der Waals surface area contributed by atoms with E-state index in [2.05, 4.69) is 15.3 Å². The average molecular weight is 445 g/mol. The van der Waals surface area contributed by atoms with Crippen molar-refractivity contribution in [3.8, 4) is 5.75 Å². The van der Waals surface area contributed by atoms with Crippen LogP contribution in [0.1, 0.15) is 18.5 Å². The molecule has 11 heteroatoms. The number of rotatable bonds is 5. The topological polar surface area (TPSA) is 76.6 Å². The molecule has 0 radical (unpaired) electrons. The van der Waals surface area contributed by atoms with Crippen molar-refractivity contribution in [1.29, 1.82) is 0 Å². The third kappa shape index (κ3) is 5.96. The minimum atomic E-state index is -4.84. The highest BCUT2D eigenvalue weighted by atomic mass is 35.5. The fourth-order valence-electron chi connectivity index (χ4n) is 2.97. The minimum absolute atomic E-state index is 0.207. The number of anilines is 2. The fraction of sp³-hybridized carbons (Fsp3) is 0.421. The number of nitrogens with zero attached hydrogens (tertiary/aromatic N) is 3. The Bertz CT molecular complexity index is 892. The first-order chi connectivity index (χ1) is 14.2. The molecule has 30 heavy (non-hydrogen) atoms. The smallest absolute Gasteiger partial charge is 0.406 e. The van der Waals surface area contributed by atoms with Crippen LogP contribution >= 0.6 is 11.6 Å². The van der Waals surface area contributed by atoms with Gasteiger partial charge in [-0.05, 0) is 37.0 Å². The van der Waals surface area contributed by atoms with Gasteiger partial charge in [-0.25, -0.2) is 14.8 Å². The predicted octanol–water partition coefficient (Wildman–Crippen LogP) is 4.75. The summed E-state index contributed by atoms with van der Waals surface area (Å²) < 4.78 is 50.7. The standard InChI is InChI=1S/C19H20ClF3N4O3/c1-27(11-12-5-7-29-8-6-12)18(28)30-15-10-24-17(26-16(15)19(21,22)23)25-14-4-2-3-13(20)9-14/h2-4,9-10,12H,5-8,11H2,1H3,(H,24,25,26). The van der Waals surface area contributed by atoms with Gasteiger partial charge in [-0.15, -0.1) is 0 Å². The maximum atomic E-state index is 13.5. The molecule has 7 nitrogen and oxygen atoms in total. The number of aromatic nitrogens is 2. The van der Waals surface area contributed by atoms with Gasteiger partial charge in [-0.3, -0.25) is 0 Å². The number of hydrogen-bond acceptors (Lipinski definition) is 6. The molecule has 1 aliphatic rings. The molecule has 0 atom stereocenters. The van der Waals surface area contributed by atoms with Gasteiger partial charge >= 0.3 is 12.3 Å². The van der Waals surface area contributed by atoms with Crippen LogP contribution in [0.15, 0.2) is 30.5 Å². The van der Waals surface area contributed by atoms with E-state index in [1.807, 2.05) is 0 Å². The molecule has 1 N–H and O–H groups in total. The van der Waals surface area contributed by atoms with Crippen molar-refractivity contribution < 1.29 is 27.4 Å². The van der Waals surface area contributed by atoms with E-state index >= 15 is 0 Å². The summed E-state index contributed by atoms with van der Waals surface area (Å²) in [5, 5.41) is 3.04. The number of carbonyl (C=O) groups is 1. The summed E-state index contributed by atoms with van der Waals surface area (Å²) in [5.41, 5.74) is -0.939. The van der Waals surface area contributed by atoms with Gasteiger partial charge in [0.05, 0.1) is 6.20 Å². The molecule has 3 rings (SSSR count). The number of halogens is 4. The number of nitrogens with one attached hydrogen (secondary N) is 1. The SMILES string of the molecule is CN(CC1CCOCC1)C(=O)Oc1cnc(Nc2cccc(Cl)c2)nc1C(F)(F)F. The molecule has 1 fully saturated rings. The highest BCUT2D eigenvalue weighted by Crippen LogP contribution is 2.35. The van der Waals surface area contributed by atoms with Crippen molar-refractivity contribution in [3.63, 3.8) is 0 Å². The Balaban J connectivity index is 1.74. The summed E-state index contributed by atoms with van der Waals surface area (Å²) in [6.07, 6.45) is -3.38. The monoisotopic (exact) mass is 444 g/mol. The molecular formula is C19H20ClF3N4O3. The fourth-order valence-corrected chi connectivity index (χ4v) is 3.16. The van der Waals surface area contributed by atoms with Gasteiger partial charge in [0.15, 0.2) is 11.4 Å². The van der Waals surface area contributed by atoms with Crippen LogP contribution in [0.4, 0.5) is 29.6 Å². The normalized spacial score (nSPS) is 15.0. The van der Waals surface area contributed by atoms with Crippen molar-refractivity contribution in [2.24, 2.45) is 5.92 Å². The number of benzene rings is 1. The van der Waals surface area contributed by atoms with E-state index in [1.54, 1.807) is 18.2 Å². The van der Waals surface area contributed by atoms with E-state index in [-0.39, 0.29) is 11.9 Å². The van der Waals surface area contributed by atoms with Gasteiger partial charge in [-0.1, -0.05) is 17.7 Å². The van der Waals surface area contributed by atoms with E-state index in [0.717, 1.165) is 19.0 Å². The van der Waals surface area contributed by atoms with Gasteiger partial charge in [0.1, 0.15) is 0 Å². The summed E-state index contributed by atoms with van der Waals surface area (Å²) in [5.74, 6) is -0.859. The molecule has 1 aromatic heterocycles. The van der Waals surface area contributed by atoms with E-state index in [4.69, 9.17) is 21.1 Å². The highest BCUT2D eigenvalue weighted by molar-refractivity contribution is 6.30. The van der Waals surface area contributed by atoms with Crippen LogP contribution in [0.5, 0.6) is 5.75 Å². The Kier molecular flexibility index (Phi) is 6.99. The van der Waals surface area contributed by atoms with Crippen LogP contribution in [-0.2, 0) is 10.9 Å². The van der Waals surface area contributed by atoms with Crippen molar-refractivity contribution in [2.45, 2.75) is 19.0 Å². The Morgan fingerprint density at radius 3 is 2.77 bits per heavy atom. The highest BCUT2D eigenvalue weighted by Gasteiger charge is 2.38. The Morgan fingerprint density at radius 2 is 2.10 bits per heavy atom. The van der Waals surface area contributed by atoms with E-state index in [0.29, 0.717) is 30.5 Å². The Labute approximate surface area is 176 Å². The molecule has 1 saturated heterocycles. The number of amides is 1. The van der Waals surface area contributed by atoms with Crippen LogP contribution in [0, 0.1) is 5.92 Å². The quantitative estimate of drug-likeness (QED) is 0.717. The predicted molar refractivity (Wildman–Crippen MR) is 104 cm³/mol. The third-order valence-electron chi connectivity index (χ3n) is 4.49. The molecule has 0 spiro atoms. The molecule has 0 aliphatic carbocycles. The first-order valence-electron chi connectivity index (χ1n) is 9.20. The van der Waals surface area contributed by atoms with Crippen LogP contribution in [-0.4, -0.2) is 47.8 Å². The van der Waals surface area contributed by atoms with Crippen molar-refractivity contribution >= 4 is 29.3 Å². The summed E-state index contributed by atoms with van der Waals surface area (Å²) >= 11 is 5.87. The second-order valence-electron chi connectivity index (χ2n) is 6.84. The third-order valence-corrected chi connectivity index (χ3v) is 4.72. The molecule has 1 aromatic carbocycles. The van der Waals surface area contributed by atoms with Crippen molar-refractivity contribution in [3.05, 3.63) is 41.2 Å². The van der Waals surface area contributed by atoms with E-state index in [9.17, 15) is 18.0 Å². The summed E-state index contributed by atoms with van der Waals surface area (Å²) in [6.45, 7) is 1.56. The first kappa shape index (κ1) is 22.1. The zero-order valence-corrected chi connectivity index (χ0v) is 16.8. The molecule has 0 saturated carbocycles. The van der Waals surface area contributed by atoms with Crippen molar-refractivity contribution in [2.75, 3.05) is 32.1 Å². The number of carbonyl (C=O) groups excluding carboxylic acids is 1. The number of ether oxygens (including phenoxy) is 2. The van der Waals surface area contributed by atoms with E-state index < -0.39 is 23.7 Å². The zero-order chi connectivity index (χ0) is 21.7. The summed E-state index contributed by atoms with van der Waals surface area (Å²) in [4.78, 5) is 20.9. The Morgan fingerprint density at radius 1 is 1.37 bits per heavy atom. The largest absolute Gasteiger partial charge is 0.437 e. The van der Waals surface area contributed by atoms with Gasteiger partial charge in [0, 0.05) is 37.5 Å². The maximum absolute atomic E-state index is 13.5. The minimum Gasteiger partial charge on any atom is -0.406 e. The van der Waals surface area contributed by atoms with Crippen LogP contribution in [0.2, 0.25) is 5.02 Å². The maximum Gasteiger partial charge on any atom is 0.437 e. The molecule has 1 aliphatic heterocycles. The molecule has 2 heterocycles. The van der Waals surface area contributed by atoms with Crippen LogP contribution < -0.4 is 10.1 Å². The second-order valence-corrected chi connectivity index (χ2v) is 7.28. The van der Waals surface area contributed by atoms with Crippen molar-refractivity contribution in [1.82, 2.24) is 14.9 Å². The van der Waals surface area contributed by atoms with Crippen LogP contribution in [0.3, 0.4) is 0 Å². The van der Waals surface area contributed by atoms with Gasteiger partial charge in [0.2, 0.25) is 5.95 Å². The lowest BCUT2D eigenvalue weighted by molar-refractivity contribution is -0.142. The zero-order valence-electron chi connectivity index (χ0n) is 16.1. The van der Waals surface area contributed by atoms with Gasteiger partial charge in [0.25, 0.3) is 0 Å². The van der Waals surface area contributed by atoms with E-state index in [1.165, 1.54) is 18.0 Å². The second kappa shape index (κ2) is 9.48.